The Morgan fingerprint density at radius 3 is 2.75 bits per heavy atom. The Hall–Kier alpha value is -1.02. The van der Waals surface area contributed by atoms with Crippen molar-refractivity contribution in [1.29, 1.82) is 0 Å². The molecule has 3 rings (SSSR count). The fraction of sp³-hybridized carbons (Fsp3) is 0.667. The SMILES string of the molecule is CCC1(CNC2c3ccccc3OCC2C)CCCC1. The Morgan fingerprint density at radius 2 is 2.00 bits per heavy atom. The molecule has 2 nitrogen and oxygen atoms in total. The van der Waals surface area contributed by atoms with Crippen LogP contribution in [0, 0.1) is 11.3 Å². The Bertz CT molecular complexity index is 450. The third kappa shape index (κ3) is 2.58. The maximum atomic E-state index is 5.85. The molecule has 2 heteroatoms. The van der Waals surface area contributed by atoms with Crippen molar-refractivity contribution in [2.24, 2.45) is 11.3 Å². The summed E-state index contributed by atoms with van der Waals surface area (Å²) in [6, 6.07) is 8.96. The highest BCUT2D eigenvalue weighted by Gasteiger charge is 2.34. The number of rotatable bonds is 4. The molecule has 1 aromatic rings. The third-order valence-corrected chi connectivity index (χ3v) is 5.44. The first kappa shape index (κ1) is 13.9. The third-order valence-electron chi connectivity index (χ3n) is 5.44. The normalized spacial score (nSPS) is 27.9. The smallest absolute Gasteiger partial charge is 0.124 e. The van der Waals surface area contributed by atoms with E-state index in [0.717, 1.165) is 18.9 Å². The zero-order valence-electron chi connectivity index (χ0n) is 12.8. The van der Waals surface area contributed by atoms with Crippen LogP contribution in [0.1, 0.15) is 57.6 Å². The fourth-order valence-electron chi connectivity index (χ4n) is 3.91. The van der Waals surface area contributed by atoms with Crippen molar-refractivity contribution in [1.82, 2.24) is 5.32 Å². The van der Waals surface area contributed by atoms with Gasteiger partial charge >= 0.3 is 0 Å². The van der Waals surface area contributed by atoms with Gasteiger partial charge in [-0.05, 0) is 30.7 Å². The van der Waals surface area contributed by atoms with Gasteiger partial charge < -0.3 is 10.1 Å². The predicted molar refractivity (Wildman–Crippen MR) is 83.0 cm³/mol. The molecule has 0 radical (unpaired) electrons. The molecule has 1 aliphatic heterocycles. The van der Waals surface area contributed by atoms with Gasteiger partial charge in [-0.2, -0.15) is 0 Å². The summed E-state index contributed by atoms with van der Waals surface area (Å²) in [5.41, 5.74) is 1.89. The number of nitrogens with one attached hydrogen (secondary N) is 1. The van der Waals surface area contributed by atoms with E-state index in [1.807, 2.05) is 0 Å². The van der Waals surface area contributed by atoms with E-state index in [0.29, 0.717) is 17.4 Å². The van der Waals surface area contributed by atoms with Crippen molar-refractivity contribution in [3.05, 3.63) is 29.8 Å². The summed E-state index contributed by atoms with van der Waals surface area (Å²) in [5, 5.41) is 3.88. The van der Waals surface area contributed by atoms with E-state index in [4.69, 9.17) is 4.74 Å². The van der Waals surface area contributed by atoms with Gasteiger partial charge in [0.25, 0.3) is 0 Å². The van der Waals surface area contributed by atoms with Gasteiger partial charge in [0.05, 0.1) is 6.61 Å². The molecule has 2 unspecified atom stereocenters. The molecule has 2 aliphatic rings. The molecule has 20 heavy (non-hydrogen) atoms. The molecule has 1 N–H and O–H groups in total. The maximum absolute atomic E-state index is 5.85. The van der Waals surface area contributed by atoms with Gasteiger partial charge in [0.1, 0.15) is 5.75 Å². The summed E-state index contributed by atoms with van der Waals surface area (Å²) in [7, 11) is 0. The second-order valence-corrected chi connectivity index (χ2v) is 6.75. The fourth-order valence-corrected chi connectivity index (χ4v) is 3.91. The molecule has 0 saturated heterocycles. The van der Waals surface area contributed by atoms with Crippen molar-refractivity contribution >= 4 is 0 Å². The summed E-state index contributed by atoms with van der Waals surface area (Å²) in [5.74, 6) is 1.61. The van der Waals surface area contributed by atoms with Crippen LogP contribution in [-0.4, -0.2) is 13.2 Å². The van der Waals surface area contributed by atoms with E-state index in [9.17, 15) is 0 Å². The van der Waals surface area contributed by atoms with Gasteiger partial charge in [0.15, 0.2) is 0 Å². The van der Waals surface area contributed by atoms with Gasteiger partial charge in [-0.25, -0.2) is 0 Å². The van der Waals surface area contributed by atoms with Gasteiger partial charge in [0, 0.05) is 24.1 Å². The molecule has 0 aromatic heterocycles. The largest absolute Gasteiger partial charge is 0.493 e. The highest BCUT2D eigenvalue weighted by Crippen LogP contribution is 2.42. The summed E-state index contributed by atoms with van der Waals surface area (Å²) < 4.78 is 5.85. The van der Waals surface area contributed by atoms with E-state index in [1.54, 1.807) is 0 Å². The first-order chi connectivity index (χ1) is 9.74. The molecule has 0 bridgehead atoms. The van der Waals surface area contributed by atoms with Crippen LogP contribution in [0.25, 0.3) is 0 Å². The average molecular weight is 273 g/mol. The number of hydrogen-bond donors (Lipinski definition) is 1. The second-order valence-electron chi connectivity index (χ2n) is 6.75. The zero-order valence-corrected chi connectivity index (χ0v) is 12.8. The van der Waals surface area contributed by atoms with Gasteiger partial charge in [-0.15, -0.1) is 0 Å². The molecule has 1 aromatic carbocycles. The number of para-hydroxylation sites is 1. The topological polar surface area (TPSA) is 21.3 Å². The first-order valence-electron chi connectivity index (χ1n) is 8.19. The van der Waals surface area contributed by atoms with E-state index in [2.05, 4.69) is 43.4 Å². The van der Waals surface area contributed by atoms with Crippen LogP contribution in [0.15, 0.2) is 24.3 Å². The van der Waals surface area contributed by atoms with Crippen LogP contribution in [0.3, 0.4) is 0 Å². The molecular formula is C18H27NO. The van der Waals surface area contributed by atoms with Crippen LogP contribution in [-0.2, 0) is 0 Å². The minimum atomic E-state index is 0.448. The standard InChI is InChI=1S/C18H27NO/c1-3-18(10-6-7-11-18)13-19-17-14(2)12-20-16-9-5-4-8-15(16)17/h4-5,8-9,14,17,19H,3,6-7,10-13H2,1-2H3. The van der Waals surface area contributed by atoms with Crippen molar-refractivity contribution in [3.63, 3.8) is 0 Å². The molecule has 0 amide bonds. The van der Waals surface area contributed by atoms with E-state index in [-0.39, 0.29) is 0 Å². The summed E-state index contributed by atoms with van der Waals surface area (Å²) in [6.45, 7) is 6.63. The van der Waals surface area contributed by atoms with Crippen molar-refractivity contribution in [3.8, 4) is 5.75 Å². The van der Waals surface area contributed by atoms with E-state index in [1.165, 1.54) is 37.7 Å². The molecular weight excluding hydrogens is 246 g/mol. The lowest BCUT2D eigenvalue weighted by molar-refractivity contribution is 0.169. The van der Waals surface area contributed by atoms with Crippen LogP contribution in [0.5, 0.6) is 5.75 Å². The van der Waals surface area contributed by atoms with E-state index >= 15 is 0 Å². The number of benzene rings is 1. The minimum Gasteiger partial charge on any atom is -0.493 e. The zero-order chi connectivity index (χ0) is 14.0. The lowest BCUT2D eigenvalue weighted by atomic mass is 9.82. The van der Waals surface area contributed by atoms with Crippen molar-refractivity contribution in [2.75, 3.05) is 13.2 Å². The molecule has 1 heterocycles. The van der Waals surface area contributed by atoms with Crippen molar-refractivity contribution in [2.45, 2.75) is 52.0 Å². The number of hydrogen-bond acceptors (Lipinski definition) is 2. The lowest BCUT2D eigenvalue weighted by Crippen LogP contribution is -2.39. The summed E-state index contributed by atoms with van der Waals surface area (Å²) in [4.78, 5) is 0. The molecule has 110 valence electrons. The van der Waals surface area contributed by atoms with E-state index < -0.39 is 0 Å². The Labute approximate surface area is 122 Å². The maximum Gasteiger partial charge on any atom is 0.124 e. The lowest BCUT2D eigenvalue weighted by Gasteiger charge is -2.36. The van der Waals surface area contributed by atoms with Crippen LogP contribution in [0.4, 0.5) is 0 Å². The summed E-state index contributed by atoms with van der Waals surface area (Å²) >= 11 is 0. The number of fused-ring (bicyclic) bond motifs is 1. The summed E-state index contributed by atoms with van der Waals surface area (Å²) in [6.07, 6.45) is 6.93. The van der Waals surface area contributed by atoms with Gasteiger partial charge in [0.2, 0.25) is 0 Å². The van der Waals surface area contributed by atoms with Gasteiger partial charge in [-0.3, -0.25) is 0 Å². The monoisotopic (exact) mass is 273 g/mol. The number of ether oxygens (including phenoxy) is 1. The average Bonchev–Trinajstić information content (AvgIpc) is 2.96. The van der Waals surface area contributed by atoms with Gasteiger partial charge in [-0.1, -0.05) is 44.9 Å². The van der Waals surface area contributed by atoms with Crippen molar-refractivity contribution < 1.29 is 4.74 Å². The van der Waals surface area contributed by atoms with Crippen LogP contribution in [0.2, 0.25) is 0 Å². The Balaban J connectivity index is 1.73. The van der Waals surface area contributed by atoms with Crippen LogP contribution < -0.4 is 10.1 Å². The highest BCUT2D eigenvalue weighted by atomic mass is 16.5. The van der Waals surface area contributed by atoms with Crippen LogP contribution >= 0.6 is 0 Å². The quantitative estimate of drug-likeness (QED) is 0.882. The molecule has 1 saturated carbocycles. The minimum absolute atomic E-state index is 0.448. The molecule has 1 aliphatic carbocycles. The Morgan fingerprint density at radius 1 is 1.25 bits per heavy atom. The molecule has 0 spiro atoms. The molecule has 2 atom stereocenters. The highest BCUT2D eigenvalue weighted by molar-refractivity contribution is 5.37. The second kappa shape index (κ2) is 5.77. The first-order valence-corrected chi connectivity index (χ1v) is 8.19. The Kier molecular flexibility index (Phi) is 4.02. The molecule has 1 fully saturated rings. The predicted octanol–water partition coefficient (Wildman–Crippen LogP) is 4.32.